The Morgan fingerprint density at radius 3 is 2.32 bits per heavy atom. The Kier molecular flexibility index (Phi) is 4.07. The largest absolute Gasteiger partial charge is 0.508 e. The van der Waals surface area contributed by atoms with Gasteiger partial charge in [0, 0.05) is 16.6 Å². The molecule has 0 unspecified atom stereocenters. The van der Waals surface area contributed by atoms with Crippen molar-refractivity contribution in [3.63, 3.8) is 0 Å². The minimum absolute atomic E-state index is 0.0733. The number of anilines is 2. The van der Waals surface area contributed by atoms with Crippen LogP contribution >= 0.6 is 0 Å². The van der Waals surface area contributed by atoms with Crippen molar-refractivity contribution in [2.75, 3.05) is 11.1 Å². The summed E-state index contributed by atoms with van der Waals surface area (Å²) in [6.45, 7) is 0. The molecule has 0 aliphatic heterocycles. The van der Waals surface area contributed by atoms with Gasteiger partial charge >= 0.3 is 0 Å². The highest BCUT2D eigenvalue weighted by molar-refractivity contribution is 7.85. The quantitative estimate of drug-likeness (QED) is 0.421. The predicted molar refractivity (Wildman–Crippen MR) is 94.2 cm³/mol. The van der Waals surface area contributed by atoms with Crippen LogP contribution in [0.2, 0.25) is 0 Å². The van der Waals surface area contributed by atoms with Crippen LogP contribution < -0.4 is 11.1 Å². The van der Waals surface area contributed by atoms with E-state index in [1.807, 2.05) is 0 Å². The SMILES string of the molecule is Nc1ccc(C(=O)Nc2cc(S(=O)(=O)O)cc3cc(O)ccc23)cc1. The number of carbonyl (C=O) groups excluding carboxylic acids is 1. The number of hydrogen-bond acceptors (Lipinski definition) is 5. The summed E-state index contributed by atoms with van der Waals surface area (Å²) in [7, 11) is -4.49. The summed E-state index contributed by atoms with van der Waals surface area (Å²) in [5.41, 5.74) is 6.61. The summed E-state index contributed by atoms with van der Waals surface area (Å²) in [5, 5.41) is 13.1. The lowest BCUT2D eigenvalue weighted by Gasteiger charge is -2.11. The van der Waals surface area contributed by atoms with Crippen LogP contribution in [0.4, 0.5) is 11.4 Å². The maximum Gasteiger partial charge on any atom is 0.294 e. The molecule has 0 spiro atoms. The van der Waals surface area contributed by atoms with E-state index in [4.69, 9.17) is 5.73 Å². The van der Waals surface area contributed by atoms with Gasteiger partial charge in [-0.2, -0.15) is 8.42 Å². The number of phenolic OH excluding ortho intramolecular Hbond substituents is 1. The predicted octanol–water partition coefficient (Wildman–Crippen LogP) is 2.63. The van der Waals surface area contributed by atoms with Crippen LogP contribution in [-0.4, -0.2) is 24.0 Å². The number of nitrogens with one attached hydrogen (secondary N) is 1. The Hall–Kier alpha value is -3.10. The van der Waals surface area contributed by atoms with Gasteiger partial charge in [-0.15, -0.1) is 0 Å². The number of hydrogen-bond donors (Lipinski definition) is 4. The number of aromatic hydroxyl groups is 1. The molecule has 0 heterocycles. The number of nitrogens with two attached hydrogens (primary N) is 1. The number of carbonyl (C=O) groups is 1. The zero-order valence-corrected chi connectivity index (χ0v) is 13.6. The van der Waals surface area contributed by atoms with Crippen LogP contribution in [0, 0.1) is 0 Å². The number of amides is 1. The number of nitrogen functional groups attached to an aromatic ring is 1. The maximum atomic E-state index is 12.4. The first kappa shape index (κ1) is 16.7. The Labute approximate surface area is 143 Å². The van der Waals surface area contributed by atoms with Crippen LogP contribution in [0.1, 0.15) is 10.4 Å². The zero-order chi connectivity index (χ0) is 18.2. The van der Waals surface area contributed by atoms with Gasteiger partial charge in [-0.25, -0.2) is 0 Å². The molecule has 0 fully saturated rings. The first-order chi connectivity index (χ1) is 11.7. The molecule has 3 aromatic carbocycles. The topological polar surface area (TPSA) is 130 Å². The number of benzene rings is 3. The van der Waals surface area contributed by atoms with Crippen molar-refractivity contribution >= 4 is 38.2 Å². The van der Waals surface area contributed by atoms with Gasteiger partial charge in [-0.05, 0) is 60.0 Å². The lowest BCUT2D eigenvalue weighted by Crippen LogP contribution is -2.13. The summed E-state index contributed by atoms with van der Waals surface area (Å²) in [6, 6.07) is 12.9. The van der Waals surface area contributed by atoms with Crippen LogP contribution in [-0.2, 0) is 10.1 Å². The molecule has 0 saturated heterocycles. The minimum atomic E-state index is -4.49. The second kappa shape index (κ2) is 6.08. The molecular weight excluding hydrogens is 344 g/mol. The van der Waals surface area contributed by atoms with E-state index in [0.29, 0.717) is 22.0 Å². The normalized spacial score (nSPS) is 11.4. The van der Waals surface area contributed by atoms with Gasteiger partial charge in [-0.1, -0.05) is 0 Å². The molecule has 0 saturated carbocycles. The molecule has 3 rings (SSSR count). The van der Waals surface area contributed by atoms with Crippen LogP contribution in [0.15, 0.2) is 59.5 Å². The third-order valence-corrected chi connectivity index (χ3v) is 4.46. The number of rotatable bonds is 3. The van der Waals surface area contributed by atoms with Crippen molar-refractivity contribution in [2.24, 2.45) is 0 Å². The smallest absolute Gasteiger partial charge is 0.294 e. The molecular formula is C17H14N2O5S. The number of phenols is 1. The average Bonchev–Trinajstić information content (AvgIpc) is 2.54. The van der Waals surface area contributed by atoms with Crippen molar-refractivity contribution in [1.29, 1.82) is 0 Å². The lowest BCUT2D eigenvalue weighted by molar-refractivity contribution is 0.102. The fourth-order valence-corrected chi connectivity index (χ4v) is 2.95. The standard InChI is InChI=1S/C17H14N2O5S/c18-12-3-1-10(2-4-12)17(21)19-16-9-14(25(22,23)24)8-11-7-13(20)5-6-15(11)16/h1-9,20H,18H2,(H,19,21)(H,22,23,24). The van der Waals surface area contributed by atoms with Gasteiger partial charge in [-0.3, -0.25) is 9.35 Å². The van der Waals surface area contributed by atoms with Crippen molar-refractivity contribution in [1.82, 2.24) is 0 Å². The highest BCUT2D eigenvalue weighted by atomic mass is 32.2. The Morgan fingerprint density at radius 1 is 1.00 bits per heavy atom. The molecule has 0 aliphatic carbocycles. The van der Waals surface area contributed by atoms with Gasteiger partial charge in [0.25, 0.3) is 16.0 Å². The van der Waals surface area contributed by atoms with E-state index in [0.717, 1.165) is 6.07 Å². The highest BCUT2D eigenvalue weighted by Gasteiger charge is 2.16. The summed E-state index contributed by atoms with van der Waals surface area (Å²) >= 11 is 0. The van der Waals surface area contributed by atoms with E-state index in [1.54, 1.807) is 12.1 Å². The third-order valence-electron chi connectivity index (χ3n) is 3.63. The Balaban J connectivity index is 2.10. The lowest BCUT2D eigenvalue weighted by atomic mass is 10.1. The van der Waals surface area contributed by atoms with Crippen molar-refractivity contribution in [2.45, 2.75) is 4.90 Å². The molecule has 0 aromatic heterocycles. The van der Waals surface area contributed by atoms with Crippen molar-refractivity contribution in [3.05, 3.63) is 60.2 Å². The molecule has 128 valence electrons. The fourth-order valence-electron chi connectivity index (χ4n) is 2.41. The summed E-state index contributed by atoms with van der Waals surface area (Å²) in [4.78, 5) is 12.0. The monoisotopic (exact) mass is 358 g/mol. The summed E-state index contributed by atoms with van der Waals surface area (Å²) in [6.07, 6.45) is 0. The Bertz CT molecular complexity index is 1080. The van der Waals surface area contributed by atoms with Crippen molar-refractivity contribution in [3.8, 4) is 5.75 Å². The molecule has 7 nitrogen and oxygen atoms in total. The molecule has 0 atom stereocenters. The van der Waals surface area contributed by atoms with E-state index < -0.39 is 20.9 Å². The van der Waals surface area contributed by atoms with E-state index >= 15 is 0 Å². The van der Waals surface area contributed by atoms with Gasteiger partial charge in [0.2, 0.25) is 0 Å². The van der Waals surface area contributed by atoms with E-state index in [2.05, 4.69) is 5.32 Å². The molecule has 3 aromatic rings. The molecule has 5 N–H and O–H groups in total. The van der Waals surface area contributed by atoms with E-state index in [9.17, 15) is 22.9 Å². The second-order valence-corrected chi connectivity index (χ2v) is 6.85. The Morgan fingerprint density at radius 2 is 1.68 bits per heavy atom. The fraction of sp³-hybridized carbons (Fsp3) is 0. The van der Waals surface area contributed by atoms with Gasteiger partial charge in [0.15, 0.2) is 0 Å². The zero-order valence-electron chi connectivity index (χ0n) is 12.8. The van der Waals surface area contributed by atoms with E-state index in [-0.39, 0.29) is 11.4 Å². The van der Waals surface area contributed by atoms with Crippen molar-refractivity contribution < 1.29 is 22.9 Å². The third kappa shape index (κ3) is 3.54. The second-order valence-electron chi connectivity index (χ2n) is 5.43. The molecule has 0 radical (unpaired) electrons. The van der Waals surface area contributed by atoms with Gasteiger partial charge in [0.05, 0.1) is 10.6 Å². The first-order valence-corrected chi connectivity index (χ1v) is 8.59. The molecule has 0 aliphatic rings. The summed E-state index contributed by atoms with van der Waals surface area (Å²) < 4.78 is 32.3. The van der Waals surface area contributed by atoms with Gasteiger partial charge in [0.1, 0.15) is 5.75 Å². The van der Waals surface area contributed by atoms with Gasteiger partial charge < -0.3 is 16.2 Å². The van der Waals surface area contributed by atoms with Crippen LogP contribution in [0.25, 0.3) is 10.8 Å². The molecule has 8 heteroatoms. The van der Waals surface area contributed by atoms with E-state index in [1.165, 1.54) is 36.4 Å². The molecule has 0 bridgehead atoms. The van der Waals surface area contributed by atoms with Crippen LogP contribution in [0.3, 0.4) is 0 Å². The minimum Gasteiger partial charge on any atom is -0.508 e. The summed E-state index contributed by atoms with van der Waals surface area (Å²) in [5.74, 6) is -0.544. The number of fused-ring (bicyclic) bond motifs is 1. The first-order valence-electron chi connectivity index (χ1n) is 7.15. The highest BCUT2D eigenvalue weighted by Crippen LogP contribution is 2.30. The van der Waals surface area contributed by atoms with Crippen LogP contribution in [0.5, 0.6) is 5.75 Å². The average molecular weight is 358 g/mol. The molecule has 25 heavy (non-hydrogen) atoms. The maximum absolute atomic E-state index is 12.4. The molecule has 1 amide bonds.